The van der Waals surface area contributed by atoms with Gasteiger partial charge in [-0.2, -0.15) is 13.2 Å². The highest BCUT2D eigenvalue weighted by Gasteiger charge is 2.67. The van der Waals surface area contributed by atoms with E-state index >= 15 is 0 Å². The van der Waals surface area contributed by atoms with Gasteiger partial charge in [0.25, 0.3) is 11.8 Å². The molecule has 3 aromatic carbocycles. The van der Waals surface area contributed by atoms with Crippen molar-refractivity contribution in [3.63, 3.8) is 0 Å². The van der Waals surface area contributed by atoms with Crippen LogP contribution < -0.4 is 10.1 Å². The zero-order chi connectivity index (χ0) is 24.3. The molecule has 1 heterocycles. The average molecular weight is 467 g/mol. The minimum Gasteiger partial charge on any atom is -0.497 e. The molecular weight excluding hydrogens is 447 g/mol. The topological polar surface area (TPSA) is 71.0 Å². The van der Waals surface area contributed by atoms with E-state index in [-0.39, 0.29) is 17.9 Å². The number of carbonyl (C=O) groups is 2. The smallest absolute Gasteiger partial charge is 0.442 e. The van der Waals surface area contributed by atoms with Gasteiger partial charge < -0.3 is 10.1 Å². The number of methoxy groups -OCH3 is 1. The quantitative estimate of drug-likeness (QED) is 0.592. The van der Waals surface area contributed by atoms with E-state index in [2.05, 4.69) is 4.99 Å². The second-order valence-electron chi connectivity index (χ2n) is 7.57. The summed E-state index contributed by atoms with van der Waals surface area (Å²) in [6, 6.07) is 22.0. The SMILES string of the molecule is COc1ccc(CN2C(=O)[C@](NC(=O)c3ccccc3)(C(F)(F)F)N=C2c2ccccc2)cc1. The van der Waals surface area contributed by atoms with Gasteiger partial charge in [-0.1, -0.05) is 60.7 Å². The fraction of sp³-hybridized carbons (Fsp3) is 0.160. The Kier molecular flexibility index (Phi) is 6.10. The van der Waals surface area contributed by atoms with Crippen LogP contribution in [0.5, 0.6) is 5.75 Å². The zero-order valence-corrected chi connectivity index (χ0v) is 18.0. The van der Waals surface area contributed by atoms with Crippen LogP contribution in [0.4, 0.5) is 13.2 Å². The number of benzene rings is 3. The number of carbonyl (C=O) groups excluding carboxylic acids is 2. The molecule has 0 spiro atoms. The highest BCUT2D eigenvalue weighted by molar-refractivity contribution is 6.16. The van der Waals surface area contributed by atoms with Crippen molar-refractivity contribution in [1.29, 1.82) is 0 Å². The number of nitrogens with zero attached hydrogens (tertiary/aromatic N) is 2. The van der Waals surface area contributed by atoms with Gasteiger partial charge in [0.15, 0.2) is 0 Å². The number of halogens is 3. The number of alkyl halides is 3. The number of amides is 2. The van der Waals surface area contributed by atoms with Crippen LogP contribution in [-0.4, -0.2) is 41.5 Å². The lowest BCUT2D eigenvalue weighted by Crippen LogP contribution is -2.63. The first-order chi connectivity index (χ1) is 16.2. The van der Waals surface area contributed by atoms with Crippen molar-refractivity contribution in [2.45, 2.75) is 18.4 Å². The average Bonchev–Trinajstić information content (AvgIpc) is 3.13. The standard InChI is InChI=1S/C25H20F3N3O3/c1-34-20-14-12-17(13-15-20)16-31-21(18-8-4-2-5-9-18)29-24(23(31)33,25(26,27)28)30-22(32)19-10-6-3-7-11-19/h2-15H,16H2,1H3,(H,30,32)/t24-/m0/s1. The van der Waals surface area contributed by atoms with Crippen molar-refractivity contribution >= 4 is 17.6 Å². The number of ether oxygens (including phenoxy) is 1. The molecule has 9 heteroatoms. The summed E-state index contributed by atoms with van der Waals surface area (Å²) in [7, 11) is 1.49. The van der Waals surface area contributed by atoms with E-state index in [4.69, 9.17) is 4.74 Å². The van der Waals surface area contributed by atoms with Crippen LogP contribution in [0.25, 0.3) is 0 Å². The summed E-state index contributed by atoms with van der Waals surface area (Å²) in [6.45, 7) is -0.185. The third kappa shape index (κ3) is 4.24. The van der Waals surface area contributed by atoms with Crippen molar-refractivity contribution in [3.05, 3.63) is 102 Å². The predicted octanol–water partition coefficient (Wildman–Crippen LogP) is 4.17. The van der Waals surface area contributed by atoms with Crippen molar-refractivity contribution in [2.75, 3.05) is 7.11 Å². The van der Waals surface area contributed by atoms with Crippen LogP contribution >= 0.6 is 0 Å². The molecule has 174 valence electrons. The Balaban J connectivity index is 1.78. The van der Waals surface area contributed by atoms with Gasteiger partial charge in [-0.15, -0.1) is 0 Å². The highest BCUT2D eigenvalue weighted by atomic mass is 19.4. The normalized spacial score (nSPS) is 17.9. The molecule has 1 N–H and O–H groups in total. The van der Waals surface area contributed by atoms with Gasteiger partial charge in [0.2, 0.25) is 0 Å². The maximum atomic E-state index is 14.5. The molecule has 6 nitrogen and oxygen atoms in total. The number of nitrogens with one attached hydrogen (secondary N) is 1. The molecule has 34 heavy (non-hydrogen) atoms. The summed E-state index contributed by atoms with van der Waals surface area (Å²) in [5.74, 6) is -2.08. The molecule has 1 aliphatic rings. The van der Waals surface area contributed by atoms with Gasteiger partial charge in [-0.3, -0.25) is 14.5 Å². The summed E-state index contributed by atoms with van der Waals surface area (Å²) < 4.78 is 48.5. The summed E-state index contributed by atoms with van der Waals surface area (Å²) in [6.07, 6.45) is -5.19. The zero-order valence-electron chi connectivity index (χ0n) is 18.0. The molecule has 0 fully saturated rings. The third-order valence-corrected chi connectivity index (χ3v) is 5.36. The molecular formula is C25H20F3N3O3. The van der Waals surface area contributed by atoms with Gasteiger partial charge in [-0.25, -0.2) is 4.99 Å². The molecule has 0 aliphatic carbocycles. The van der Waals surface area contributed by atoms with E-state index in [1.807, 2.05) is 5.32 Å². The molecule has 3 aromatic rings. The molecule has 0 aromatic heterocycles. The van der Waals surface area contributed by atoms with Gasteiger partial charge >= 0.3 is 11.8 Å². The largest absolute Gasteiger partial charge is 0.497 e. The fourth-order valence-electron chi connectivity index (χ4n) is 3.59. The van der Waals surface area contributed by atoms with Crippen molar-refractivity contribution in [2.24, 2.45) is 4.99 Å². The summed E-state index contributed by atoms with van der Waals surface area (Å²) in [5.41, 5.74) is -2.61. The molecule has 0 radical (unpaired) electrons. The van der Waals surface area contributed by atoms with Crippen LogP contribution in [0.2, 0.25) is 0 Å². The molecule has 1 aliphatic heterocycles. The maximum Gasteiger partial charge on any atom is 0.442 e. The lowest BCUT2D eigenvalue weighted by atomic mass is 10.1. The number of hydrogen-bond donors (Lipinski definition) is 1. The van der Waals surface area contributed by atoms with Gasteiger partial charge in [0, 0.05) is 11.1 Å². The Morgan fingerprint density at radius 3 is 2.12 bits per heavy atom. The van der Waals surface area contributed by atoms with Crippen LogP contribution in [0, 0.1) is 0 Å². The lowest BCUT2D eigenvalue weighted by molar-refractivity contribution is -0.196. The van der Waals surface area contributed by atoms with Gasteiger partial charge in [-0.05, 0) is 29.8 Å². The lowest BCUT2D eigenvalue weighted by Gasteiger charge is -2.29. The Hall–Kier alpha value is -4.14. The van der Waals surface area contributed by atoms with Crippen LogP contribution in [-0.2, 0) is 11.3 Å². The Labute approximate surface area is 193 Å². The van der Waals surface area contributed by atoms with Crippen molar-refractivity contribution < 1.29 is 27.5 Å². The van der Waals surface area contributed by atoms with E-state index in [9.17, 15) is 22.8 Å². The highest BCUT2D eigenvalue weighted by Crippen LogP contribution is 2.39. The second-order valence-corrected chi connectivity index (χ2v) is 7.57. The monoisotopic (exact) mass is 467 g/mol. The van der Waals surface area contributed by atoms with E-state index in [0.717, 1.165) is 4.90 Å². The molecule has 0 saturated carbocycles. The first kappa shape index (κ1) is 23.0. The second kappa shape index (κ2) is 9.01. The van der Waals surface area contributed by atoms with E-state index in [1.165, 1.54) is 31.4 Å². The first-order valence-electron chi connectivity index (χ1n) is 10.3. The predicted molar refractivity (Wildman–Crippen MR) is 119 cm³/mol. The Morgan fingerprint density at radius 2 is 1.56 bits per heavy atom. The number of hydrogen-bond acceptors (Lipinski definition) is 4. The van der Waals surface area contributed by atoms with Crippen molar-refractivity contribution in [1.82, 2.24) is 10.2 Å². The number of rotatable bonds is 6. The molecule has 0 bridgehead atoms. The van der Waals surface area contributed by atoms with Crippen LogP contribution in [0.1, 0.15) is 21.5 Å². The summed E-state index contributed by atoms with van der Waals surface area (Å²) >= 11 is 0. The Bertz CT molecular complexity index is 1210. The summed E-state index contributed by atoms with van der Waals surface area (Å²) in [5, 5.41) is 1.87. The van der Waals surface area contributed by atoms with Gasteiger partial charge in [0.05, 0.1) is 13.7 Å². The van der Waals surface area contributed by atoms with Crippen LogP contribution in [0.15, 0.2) is 89.9 Å². The summed E-state index contributed by atoms with van der Waals surface area (Å²) in [4.78, 5) is 30.9. The van der Waals surface area contributed by atoms with E-state index in [0.29, 0.717) is 16.9 Å². The minimum absolute atomic E-state index is 0.0241. The van der Waals surface area contributed by atoms with Gasteiger partial charge in [0.1, 0.15) is 11.6 Å². The number of amidine groups is 1. The molecule has 0 saturated heterocycles. The van der Waals surface area contributed by atoms with E-state index in [1.54, 1.807) is 60.7 Å². The van der Waals surface area contributed by atoms with Crippen LogP contribution in [0.3, 0.4) is 0 Å². The third-order valence-electron chi connectivity index (χ3n) is 5.36. The van der Waals surface area contributed by atoms with Crippen molar-refractivity contribution in [3.8, 4) is 5.75 Å². The first-order valence-corrected chi connectivity index (χ1v) is 10.3. The fourth-order valence-corrected chi connectivity index (χ4v) is 3.59. The molecule has 2 amide bonds. The maximum absolute atomic E-state index is 14.5. The molecule has 4 rings (SSSR count). The van der Waals surface area contributed by atoms with E-state index < -0.39 is 23.7 Å². The molecule has 0 unspecified atom stereocenters. The molecule has 1 atom stereocenters. The minimum atomic E-state index is -5.19. The number of aliphatic imine (C=N–C) groups is 1. The Morgan fingerprint density at radius 1 is 0.971 bits per heavy atom.